The van der Waals surface area contributed by atoms with Gasteiger partial charge in [0.2, 0.25) is 6.79 Å². The summed E-state index contributed by atoms with van der Waals surface area (Å²) in [6.07, 6.45) is 0. The Morgan fingerprint density at radius 3 is 2.41 bits per heavy atom. The average molecular weight is 384 g/mol. The molecule has 1 fully saturated rings. The largest absolute Gasteiger partial charge is 0.454 e. The van der Waals surface area contributed by atoms with Crippen molar-refractivity contribution < 1.29 is 9.47 Å². The maximum Gasteiger partial charge on any atom is 0.231 e. The van der Waals surface area contributed by atoms with Gasteiger partial charge >= 0.3 is 0 Å². The molecule has 0 bridgehead atoms. The molecule has 2 aromatic carbocycles. The lowest BCUT2D eigenvalue weighted by atomic mass is 10.1. The molecule has 5 nitrogen and oxygen atoms in total. The van der Waals surface area contributed by atoms with Crippen LogP contribution in [0.25, 0.3) is 0 Å². The van der Waals surface area contributed by atoms with Gasteiger partial charge in [-0.05, 0) is 67.0 Å². The Morgan fingerprint density at radius 1 is 0.963 bits per heavy atom. The van der Waals surface area contributed by atoms with Crippen molar-refractivity contribution in [3.63, 3.8) is 0 Å². The zero-order chi connectivity index (χ0) is 18.8. The lowest BCUT2D eigenvalue weighted by molar-refractivity contribution is 0.173. The van der Waals surface area contributed by atoms with Crippen LogP contribution in [0.4, 0.5) is 5.69 Å². The Hall–Kier alpha value is -2.31. The third-order valence-corrected chi connectivity index (χ3v) is 5.34. The van der Waals surface area contributed by atoms with Gasteiger partial charge in [-0.1, -0.05) is 12.1 Å². The van der Waals surface area contributed by atoms with Crippen molar-refractivity contribution in [2.75, 3.05) is 38.3 Å². The molecule has 142 valence electrons. The van der Waals surface area contributed by atoms with E-state index in [1.807, 2.05) is 6.07 Å². The van der Waals surface area contributed by atoms with Crippen LogP contribution in [-0.2, 0) is 6.54 Å². The van der Waals surface area contributed by atoms with Crippen LogP contribution in [0.5, 0.6) is 11.5 Å². The average Bonchev–Trinajstić information content (AvgIpc) is 3.09. The molecule has 1 N–H and O–H groups in total. The monoisotopic (exact) mass is 383 g/mol. The summed E-state index contributed by atoms with van der Waals surface area (Å²) in [4.78, 5) is 4.70. The predicted octanol–water partition coefficient (Wildman–Crippen LogP) is 3.55. The van der Waals surface area contributed by atoms with Gasteiger partial charge in [-0.2, -0.15) is 0 Å². The molecular formula is C21H25N3O2S. The highest BCUT2D eigenvalue weighted by Crippen LogP contribution is 2.32. The van der Waals surface area contributed by atoms with E-state index in [0.717, 1.165) is 55.0 Å². The molecule has 2 heterocycles. The molecule has 0 saturated carbocycles. The summed E-state index contributed by atoms with van der Waals surface area (Å²) in [5, 5.41) is 4.20. The zero-order valence-corrected chi connectivity index (χ0v) is 16.6. The normalized spacial score (nSPS) is 16.4. The first-order valence-electron chi connectivity index (χ1n) is 9.32. The van der Waals surface area contributed by atoms with E-state index in [1.54, 1.807) is 0 Å². The van der Waals surface area contributed by atoms with Gasteiger partial charge < -0.3 is 19.7 Å². The van der Waals surface area contributed by atoms with E-state index in [-0.39, 0.29) is 0 Å². The lowest BCUT2D eigenvalue weighted by Gasteiger charge is -2.36. The molecule has 4 rings (SSSR count). The third-order valence-electron chi connectivity index (χ3n) is 4.98. The van der Waals surface area contributed by atoms with Gasteiger partial charge in [-0.3, -0.25) is 4.90 Å². The molecule has 0 aromatic heterocycles. The fraction of sp³-hybridized carbons (Fsp3) is 0.381. The highest BCUT2D eigenvalue weighted by molar-refractivity contribution is 7.80. The quantitative estimate of drug-likeness (QED) is 0.817. The minimum absolute atomic E-state index is 0.322. The van der Waals surface area contributed by atoms with Crippen molar-refractivity contribution in [2.24, 2.45) is 0 Å². The van der Waals surface area contributed by atoms with Crippen LogP contribution in [0.3, 0.4) is 0 Å². The minimum atomic E-state index is 0.322. The molecule has 2 aromatic rings. The van der Waals surface area contributed by atoms with Gasteiger partial charge in [-0.25, -0.2) is 0 Å². The van der Waals surface area contributed by atoms with Gasteiger partial charge in [0.05, 0.1) is 0 Å². The van der Waals surface area contributed by atoms with E-state index < -0.39 is 0 Å². The topological polar surface area (TPSA) is 37.0 Å². The van der Waals surface area contributed by atoms with Crippen LogP contribution in [-0.4, -0.2) is 47.9 Å². The molecule has 0 atom stereocenters. The fourth-order valence-electron chi connectivity index (χ4n) is 3.66. The number of hydrogen-bond acceptors (Lipinski definition) is 4. The number of hydrogen-bond donors (Lipinski definition) is 1. The molecule has 1 saturated heterocycles. The molecule has 0 aliphatic carbocycles. The lowest BCUT2D eigenvalue weighted by Crippen LogP contribution is -2.49. The second-order valence-electron chi connectivity index (χ2n) is 7.26. The van der Waals surface area contributed by atoms with E-state index in [4.69, 9.17) is 21.7 Å². The SMILES string of the molecule is Cc1cc(C)cc(NC(=S)N2CCN(Cc3ccc4c(c3)OCO4)CC2)c1. The summed E-state index contributed by atoms with van der Waals surface area (Å²) in [6.45, 7) is 9.30. The Labute approximate surface area is 165 Å². The van der Waals surface area contributed by atoms with Gasteiger partial charge in [0, 0.05) is 38.4 Å². The number of nitrogens with one attached hydrogen (secondary N) is 1. The van der Waals surface area contributed by atoms with Crippen LogP contribution >= 0.6 is 12.2 Å². The summed E-state index contributed by atoms with van der Waals surface area (Å²) in [5.74, 6) is 1.69. The number of rotatable bonds is 3. The number of anilines is 1. The Morgan fingerprint density at radius 2 is 1.67 bits per heavy atom. The highest BCUT2D eigenvalue weighted by atomic mass is 32.1. The van der Waals surface area contributed by atoms with Crippen LogP contribution < -0.4 is 14.8 Å². The summed E-state index contributed by atoms with van der Waals surface area (Å²) in [7, 11) is 0. The maximum atomic E-state index is 5.63. The van der Waals surface area contributed by atoms with Gasteiger partial charge in [0.1, 0.15) is 0 Å². The number of aryl methyl sites for hydroxylation is 2. The smallest absolute Gasteiger partial charge is 0.231 e. The third kappa shape index (κ3) is 4.34. The molecule has 0 radical (unpaired) electrons. The highest BCUT2D eigenvalue weighted by Gasteiger charge is 2.20. The molecule has 6 heteroatoms. The van der Waals surface area contributed by atoms with Crippen LogP contribution in [0, 0.1) is 13.8 Å². The predicted molar refractivity (Wildman–Crippen MR) is 112 cm³/mol. The maximum absolute atomic E-state index is 5.63. The Bertz CT molecular complexity index is 827. The van der Waals surface area contributed by atoms with E-state index in [0.29, 0.717) is 6.79 Å². The first-order chi connectivity index (χ1) is 13.1. The van der Waals surface area contributed by atoms with E-state index in [1.165, 1.54) is 16.7 Å². The molecule has 2 aliphatic heterocycles. The van der Waals surface area contributed by atoms with Gasteiger partial charge in [0.15, 0.2) is 16.6 Å². The standard InChI is InChI=1S/C21H25N3O2S/c1-15-9-16(2)11-18(10-15)22-21(27)24-7-5-23(6-8-24)13-17-3-4-19-20(12-17)26-14-25-19/h3-4,9-12H,5-8,13-14H2,1-2H3,(H,22,27). The number of thiocarbonyl (C=S) groups is 1. The Kier molecular flexibility index (Phi) is 5.18. The molecule has 2 aliphatic rings. The number of nitrogens with zero attached hydrogens (tertiary/aromatic N) is 2. The van der Waals surface area contributed by atoms with Crippen molar-refractivity contribution in [1.82, 2.24) is 9.80 Å². The fourth-order valence-corrected chi connectivity index (χ4v) is 3.96. The number of ether oxygens (including phenoxy) is 2. The second-order valence-corrected chi connectivity index (χ2v) is 7.64. The van der Waals surface area contributed by atoms with Crippen molar-refractivity contribution in [3.05, 3.63) is 53.1 Å². The summed E-state index contributed by atoms with van der Waals surface area (Å²) in [5.41, 5.74) is 4.81. The van der Waals surface area contributed by atoms with Crippen LogP contribution in [0.1, 0.15) is 16.7 Å². The van der Waals surface area contributed by atoms with Crippen molar-refractivity contribution >= 4 is 23.0 Å². The second kappa shape index (κ2) is 7.74. The number of fused-ring (bicyclic) bond motifs is 1. The van der Waals surface area contributed by atoms with E-state index in [9.17, 15) is 0 Å². The van der Waals surface area contributed by atoms with E-state index >= 15 is 0 Å². The molecule has 0 amide bonds. The summed E-state index contributed by atoms with van der Waals surface area (Å²) >= 11 is 5.63. The van der Waals surface area contributed by atoms with Crippen molar-refractivity contribution in [3.8, 4) is 11.5 Å². The van der Waals surface area contributed by atoms with Crippen molar-refractivity contribution in [2.45, 2.75) is 20.4 Å². The number of benzene rings is 2. The van der Waals surface area contributed by atoms with Gasteiger partial charge in [0.25, 0.3) is 0 Å². The molecule has 0 unspecified atom stereocenters. The first kappa shape index (κ1) is 18.1. The zero-order valence-electron chi connectivity index (χ0n) is 15.8. The van der Waals surface area contributed by atoms with Crippen LogP contribution in [0.2, 0.25) is 0 Å². The molecule has 0 spiro atoms. The van der Waals surface area contributed by atoms with Crippen LogP contribution in [0.15, 0.2) is 36.4 Å². The minimum Gasteiger partial charge on any atom is -0.454 e. The van der Waals surface area contributed by atoms with Gasteiger partial charge in [-0.15, -0.1) is 0 Å². The van der Waals surface area contributed by atoms with E-state index in [2.05, 4.69) is 59.3 Å². The number of piperazine rings is 1. The summed E-state index contributed by atoms with van der Waals surface area (Å²) in [6, 6.07) is 12.6. The Balaban J connectivity index is 1.30. The van der Waals surface area contributed by atoms with Crippen molar-refractivity contribution in [1.29, 1.82) is 0 Å². The molecule has 27 heavy (non-hydrogen) atoms. The molecular weight excluding hydrogens is 358 g/mol. The first-order valence-corrected chi connectivity index (χ1v) is 9.73. The summed E-state index contributed by atoms with van der Waals surface area (Å²) < 4.78 is 10.9.